The molecule has 0 bridgehead atoms. The van der Waals surface area contributed by atoms with Gasteiger partial charge in [-0.25, -0.2) is 0 Å². The minimum absolute atomic E-state index is 0.271. The second-order valence-corrected chi connectivity index (χ2v) is 3.45. The number of hydrogen-bond donors (Lipinski definition) is 0. The second kappa shape index (κ2) is 5.79. The zero-order valence-electron chi connectivity index (χ0n) is 9.36. The Hall–Kier alpha value is -0.990. The Bertz CT molecular complexity index is 269. The van der Waals surface area contributed by atoms with Crippen molar-refractivity contribution in [3.05, 3.63) is 36.0 Å². The summed E-state index contributed by atoms with van der Waals surface area (Å²) in [5.74, 6) is 0.271. The summed E-state index contributed by atoms with van der Waals surface area (Å²) in [5, 5.41) is 0. The van der Waals surface area contributed by atoms with Crippen LogP contribution in [0.1, 0.15) is 27.2 Å². The van der Waals surface area contributed by atoms with Gasteiger partial charge >= 0.3 is 6.18 Å². The molecule has 0 nitrogen and oxygen atoms in total. The summed E-state index contributed by atoms with van der Waals surface area (Å²) in [6.45, 7) is 8.78. The first kappa shape index (κ1) is 14.0. The molecule has 3 heteroatoms. The minimum atomic E-state index is -4.33. The van der Waals surface area contributed by atoms with Crippen LogP contribution in [0.15, 0.2) is 36.0 Å². The van der Waals surface area contributed by atoms with Gasteiger partial charge in [0, 0.05) is 5.57 Å². The van der Waals surface area contributed by atoms with E-state index in [0.29, 0.717) is 0 Å². The SMILES string of the molecule is C=C(/C=C\C(=C/C)[C@@H](C)CC)C(F)(F)F. The summed E-state index contributed by atoms with van der Waals surface area (Å²) in [5.41, 5.74) is 0.0908. The molecule has 1 atom stereocenters. The molecule has 0 spiro atoms. The van der Waals surface area contributed by atoms with E-state index in [-0.39, 0.29) is 5.92 Å². The molecule has 0 aliphatic heterocycles. The Morgan fingerprint density at radius 2 is 1.87 bits per heavy atom. The van der Waals surface area contributed by atoms with Crippen LogP contribution in [0, 0.1) is 5.92 Å². The van der Waals surface area contributed by atoms with Crippen molar-refractivity contribution in [1.82, 2.24) is 0 Å². The molecule has 86 valence electrons. The van der Waals surface area contributed by atoms with E-state index in [1.54, 1.807) is 0 Å². The molecule has 0 saturated heterocycles. The lowest BCUT2D eigenvalue weighted by molar-refractivity contribution is -0.0878. The first-order valence-corrected chi connectivity index (χ1v) is 4.93. The predicted octanol–water partition coefficient (Wildman–Crippen LogP) is 4.65. The van der Waals surface area contributed by atoms with Crippen molar-refractivity contribution in [2.45, 2.75) is 33.4 Å². The lowest BCUT2D eigenvalue weighted by Gasteiger charge is -2.10. The fourth-order valence-corrected chi connectivity index (χ4v) is 1.07. The molecule has 0 aliphatic rings. The zero-order chi connectivity index (χ0) is 12.1. The van der Waals surface area contributed by atoms with Gasteiger partial charge in [-0.05, 0) is 24.8 Å². The van der Waals surface area contributed by atoms with E-state index in [2.05, 4.69) is 6.58 Å². The molecule has 0 heterocycles. The standard InChI is InChI=1S/C12H17F3/c1-5-9(3)11(6-2)8-7-10(4)12(13,14)15/h6-9H,4-5H2,1-3H3/b8-7-,11-6+/t9-/m0/s1. The molecular formula is C12H17F3. The van der Waals surface area contributed by atoms with E-state index in [9.17, 15) is 13.2 Å². The fourth-order valence-electron chi connectivity index (χ4n) is 1.07. The number of rotatable bonds is 4. The molecule has 0 N–H and O–H groups in total. The van der Waals surface area contributed by atoms with E-state index < -0.39 is 11.7 Å². The molecule has 0 amide bonds. The largest absolute Gasteiger partial charge is 0.415 e. The zero-order valence-corrected chi connectivity index (χ0v) is 9.36. The smallest absolute Gasteiger partial charge is 0.166 e. The van der Waals surface area contributed by atoms with E-state index in [1.165, 1.54) is 6.08 Å². The van der Waals surface area contributed by atoms with Gasteiger partial charge in [-0.3, -0.25) is 0 Å². The quantitative estimate of drug-likeness (QED) is 0.602. The van der Waals surface area contributed by atoms with Crippen LogP contribution >= 0.6 is 0 Å². The van der Waals surface area contributed by atoms with Crippen LogP contribution in [0.2, 0.25) is 0 Å². The van der Waals surface area contributed by atoms with Gasteiger partial charge in [0.25, 0.3) is 0 Å². The normalized spacial score (nSPS) is 15.7. The Morgan fingerprint density at radius 1 is 1.33 bits per heavy atom. The van der Waals surface area contributed by atoms with Crippen LogP contribution in [0.5, 0.6) is 0 Å². The van der Waals surface area contributed by atoms with E-state index in [4.69, 9.17) is 0 Å². The average Bonchev–Trinajstić information content (AvgIpc) is 2.16. The van der Waals surface area contributed by atoms with E-state index in [1.807, 2.05) is 26.8 Å². The van der Waals surface area contributed by atoms with Gasteiger partial charge in [-0.2, -0.15) is 13.2 Å². The highest BCUT2D eigenvalue weighted by molar-refractivity contribution is 5.29. The topological polar surface area (TPSA) is 0 Å². The highest BCUT2D eigenvalue weighted by Gasteiger charge is 2.29. The Kier molecular flexibility index (Phi) is 5.40. The second-order valence-electron chi connectivity index (χ2n) is 3.45. The molecule has 0 fully saturated rings. The summed E-state index contributed by atoms with van der Waals surface area (Å²) in [6.07, 6.45) is 0.924. The third-order valence-electron chi connectivity index (χ3n) is 2.36. The van der Waals surface area contributed by atoms with Crippen molar-refractivity contribution < 1.29 is 13.2 Å². The number of alkyl halides is 3. The van der Waals surface area contributed by atoms with Gasteiger partial charge in [0.05, 0.1) is 0 Å². The van der Waals surface area contributed by atoms with Gasteiger partial charge in [-0.15, -0.1) is 0 Å². The summed E-state index contributed by atoms with van der Waals surface area (Å²) < 4.78 is 36.3. The number of allylic oxidation sites excluding steroid dienone is 5. The maximum absolute atomic E-state index is 12.1. The lowest BCUT2D eigenvalue weighted by atomic mass is 9.97. The van der Waals surface area contributed by atoms with Crippen LogP contribution in [-0.2, 0) is 0 Å². The summed E-state index contributed by atoms with van der Waals surface area (Å²) in [4.78, 5) is 0. The molecule has 0 aromatic heterocycles. The average molecular weight is 218 g/mol. The molecular weight excluding hydrogens is 201 g/mol. The summed E-state index contributed by atoms with van der Waals surface area (Å²) in [7, 11) is 0. The van der Waals surface area contributed by atoms with Gasteiger partial charge in [0.1, 0.15) is 0 Å². The Balaban J connectivity index is 4.58. The number of halogens is 3. The maximum atomic E-state index is 12.1. The first-order chi connectivity index (χ1) is 6.82. The van der Waals surface area contributed by atoms with Crippen LogP contribution in [0.25, 0.3) is 0 Å². The van der Waals surface area contributed by atoms with Crippen molar-refractivity contribution >= 4 is 0 Å². The monoisotopic (exact) mass is 218 g/mol. The molecule has 0 aliphatic carbocycles. The van der Waals surface area contributed by atoms with Crippen molar-refractivity contribution in [3.8, 4) is 0 Å². The lowest BCUT2D eigenvalue weighted by Crippen LogP contribution is -2.08. The third-order valence-corrected chi connectivity index (χ3v) is 2.36. The van der Waals surface area contributed by atoms with Crippen LogP contribution in [0.3, 0.4) is 0 Å². The van der Waals surface area contributed by atoms with Crippen molar-refractivity contribution in [2.24, 2.45) is 5.92 Å². The molecule has 0 aromatic carbocycles. The van der Waals surface area contributed by atoms with Crippen molar-refractivity contribution in [2.75, 3.05) is 0 Å². The third kappa shape index (κ3) is 4.86. The highest BCUT2D eigenvalue weighted by atomic mass is 19.4. The van der Waals surface area contributed by atoms with E-state index >= 15 is 0 Å². The summed E-state index contributed by atoms with van der Waals surface area (Å²) in [6, 6.07) is 0. The molecule has 0 radical (unpaired) electrons. The minimum Gasteiger partial charge on any atom is -0.166 e. The van der Waals surface area contributed by atoms with Gasteiger partial charge in [0.15, 0.2) is 0 Å². The fraction of sp³-hybridized carbons (Fsp3) is 0.500. The van der Waals surface area contributed by atoms with Crippen LogP contribution in [-0.4, -0.2) is 6.18 Å². The van der Waals surface area contributed by atoms with Crippen LogP contribution < -0.4 is 0 Å². The van der Waals surface area contributed by atoms with Gasteiger partial charge < -0.3 is 0 Å². The highest BCUT2D eigenvalue weighted by Crippen LogP contribution is 2.26. The maximum Gasteiger partial charge on any atom is 0.415 e. The number of hydrogen-bond acceptors (Lipinski definition) is 0. The molecule has 0 aromatic rings. The Morgan fingerprint density at radius 3 is 2.20 bits per heavy atom. The summed E-state index contributed by atoms with van der Waals surface area (Å²) >= 11 is 0. The van der Waals surface area contributed by atoms with Crippen molar-refractivity contribution in [1.29, 1.82) is 0 Å². The molecule has 0 unspecified atom stereocenters. The molecule has 0 saturated carbocycles. The van der Waals surface area contributed by atoms with Gasteiger partial charge in [0.2, 0.25) is 0 Å². The van der Waals surface area contributed by atoms with Crippen molar-refractivity contribution in [3.63, 3.8) is 0 Å². The van der Waals surface area contributed by atoms with Crippen LogP contribution in [0.4, 0.5) is 13.2 Å². The molecule has 0 rings (SSSR count). The van der Waals surface area contributed by atoms with E-state index in [0.717, 1.165) is 18.1 Å². The Labute approximate surface area is 89.2 Å². The van der Waals surface area contributed by atoms with Gasteiger partial charge in [-0.1, -0.05) is 38.7 Å². The molecule has 15 heavy (non-hydrogen) atoms. The predicted molar refractivity (Wildman–Crippen MR) is 57.5 cm³/mol. The first-order valence-electron chi connectivity index (χ1n) is 4.93.